The van der Waals surface area contributed by atoms with Gasteiger partial charge in [-0.1, -0.05) is 12.1 Å². The summed E-state index contributed by atoms with van der Waals surface area (Å²) in [6.07, 6.45) is 5.95. The molecule has 108 valence electrons. The summed E-state index contributed by atoms with van der Waals surface area (Å²) in [5, 5.41) is 4.40. The molecule has 0 spiro atoms. The number of hydrogen-bond donors (Lipinski definition) is 0. The van der Waals surface area contributed by atoms with Gasteiger partial charge in [0.15, 0.2) is 0 Å². The molecule has 0 aliphatic heterocycles. The van der Waals surface area contributed by atoms with Crippen LogP contribution in [0.1, 0.15) is 22.4 Å². The first-order chi connectivity index (χ1) is 10.0. The Balaban J connectivity index is 1.97. The summed E-state index contributed by atoms with van der Waals surface area (Å²) in [5.41, 5.74) is 6.04. The van der Waals surface area contributed by atoms with Crippen molar-refractivity contribution >= 4 is 0 Å². The molecule has 0 amide bonds. The predicted octanol–water partition coefficient (Wildman–Crippen LogP) is 3.26. The zero-order chi connectivity index (χ0) is 15.0. The van der Waals surface area contributed by atoms with E-state index in [1.807, 2.05) is 31.0 Å². The van der Waals surface area contributed by atoms with Crippen LogP contribution in [-0.2, 0) is 13.6 Å². The van der Waals surface area contributed by atoms with E-state index in [1.54, 1.807) is 0 Å². The maximum absolute atomic E-state index is 4.53. The van der Waals surface area contributed by atoms with Gasteiger partial charge in [0.25, 0.3) is 0 Å². The third kappa shape index (κ3) is 2.61. The highest BCUT2D eigenvalue weighted by molar-refractivity contribution is 5.58. The number of aryl methyl sites for hydroxylation is 4. The smallest absolute Gasteiger partial charge is 0.140 e. The number of nitrogens with zero attached hydrogens (tertiary/aromatic N) is 4. The third-order valence-corrected chi connectivity index (χ3v) is 3.94. The van der Waals surface area contributed by atoms with Gasteiger partial charge in [0.2, 0.25) is 0 Å². The van der Waals surface area contributed by atoms with Crippen molar-refractivity contribution in [1.82, 2.24) is 19.3 Å². The minimum absolute atomic E-state index is 0.794. The topological polar surface area (TPSA) is 35.6 Å². The Labute approximate surface area is 125 Å². The van der Waals surface area contributed by atoms with Crippen molar-refractivity contribution in [2.75, 3.05) is 0 Å². The van der Waals surface area contributed by atoms with E-state index in [0.717, 1.165) is 23.6 Å². The average Bonchev–Trinajstić information content (AvgIpc) is 3.01. The molecule has 3 rings (SSSR count). The van der Waals surface area contributed by atoms with Gasteiger partial charge in [0, 0.05) is 36.8 Å². The normalized spacial score (nSPS) is 11.0. The molecule has 0 saturated heterocycles. The average molecular weight is 280 g/mol. The molecule has 3 aromatic rings. The van der Waals surface area contributed by atoms with Gasteiger partial charge in [-0.15, -0.1) is 0 Å². The summed E-state index contributed by atoms with van der Waals surface area (Å²) >= 11 is 0. The van der Waals surface area contributed by atoms with Gasteiger partial charge in [0.05, 0.1) is 12.2 Å². The zero-order valence-electron chi connectivity index (χ0n) is 13.0. The summed E-state index contributed by atoms with van der Waals surface area (Å²) in [5.74, 6) is 1.00. The van der Waals surface area contributed by atoms with Crippen molar-refractivity contribution in [3.8, 4) is 11.4 Å². The highest BCUT2D eigenvalue weighted by Crippen LogP contribution is 2.22. The number of imidazole rings is 1. The van der Waals surface area contributed by atoms with Gasteiger partial charge in [-0.05, 0) is 38.0 Å². The summed E-state index contributed by atoms with van der Waals surface area (Å²) in [7, 11) is 1.95. The van der Waals surface area contributed by atoms with Gasteiger partial charge < -0.3 is 4.57 Å². The molecule has 4 nitrogen and oxygen atoms in total. The fourth-order valence-corrected chi connectivity index (χ4v) is 2.57. The molecule has 21 heavy (non-hydrogen) atoms. The van der Waals surface area contributed by atoms with Gasteiger partial charge in [-0.2, -0.15) is 5.10 Å². The van der Waals surface area contributed by atoms with Crippen molar-refractivity contribution in [2.24, 2.45) is 7.05 Å². The van der Waals surface area contributed by atoms with E-state index in [9.17, 15) is 0 Å². The molecule has 0 saturated carbocycles. The van der Waals surface area contributed by atoms with Crippen molar-refractivity contribution in [2.45, 2.75) is 27.3 Å². The van der Waals surface area contributed by atoms with E-state index in [2.05, 4.69) is 52.9 Å². The van der Waals surface area contributed by atoms with Gasteiger partial charge in [0.1, 0.15) is 5.82 Å². The van der Waals surface area contributed by atoms with E-state index in [-0.39, 0.29) is 0 Å². The van der Waals surface area contributed by atoms with Gasteiger partial charge >= 0.3 is 0 Å². The lowest BCUT2D eigenvalue weighted by molar-refractivity contribution is 0.755. The molecule has 0 N–H and O–H groups in total. The second-order valence-corrected chi connectivity index (χ2v) is 5.59. The molecule has 2 aromatic heterocycles. The SMILES string of the molecule is Cc1ccc(-c2nccn2Cc2cn(C)nc2C)cc1C. The van der Waals surface area contributed by atoms with Crippen LogP contribution in [0.4, 0.5) is 0 Å². The van der Waals surface area contributed by atoms with Crippen LogP contribution in [-0.4, -0.2) is 19.3 Å². The second-order valence-electron chi connectivity index (χ2n) is 5.59. The van der Waals surface area contributed by atoms with Crippen LogP contribution < -0.4 is 0 Å². The molecular formula is C17H20N4. The minimum Gasteiger partial charge on any atom is -0.326 e. The van der Waals surface area contributed by atoms with Crippen LogP contribution in [0.5, 0.6) is 0 Å². The van der Waals surface area contributed by atoms with E-state index < -0.39 is 0 Å². The number of benzene rings is 1. The Morgan fingerprint density at radius 1 is 1.10 bits per heavy atom. The van der Waals surface area contributed by atoms with Crippen molar-refractivity contribution in [3.05, 3.63) is 59.2 Å². The Morgan fingerprint density at radius 2 is 1.90 bits per heavy atom. The van der Waals surface area contributed by atoms with Crippen LogP contribution in [0.25, 0.3) is 11.4 Å². The van der Waals surface area contributed by atoms with E-state index in [4.69, 9.17) is 0 Å². The first kappa shape index (κ1) is 13.6. The molecule has 0 fully saturated rings. The molecule has 0 bridgehead atoms. The van der Waals surface area contributed by atoms with Crippen LogP contribution >= 0.6 is 0 Å². The molecule has 4 heteroatoms. The largest absolute Gasteiger partial charge is 0.326 e. The summed E-state index contributed by atoms with van der Waals surface area (Å²) in [4.78, 5) is 4.53. The molecule has 1 aromatic carbocycles. The number of rotatable bonds is 3. The molecule has 0 atom stereocenters. The molecular weight excluding hydrogens is 260 g/mol. The third-order valence-electron chi connectivity index (χ3n) is 3.94. The van der Waals surface area contributed by atoms with Crippen LogP contribution in [0.3, 0.4) is 0 Å². The van der Waals surface area contributed by atoms with Crippen LogP contribution in [0, 0.1) is 20.8 Å². The standard InChI is InChI=1S/C17H20N4/c1-12-5-6-15(9-13(12)2)17-18-7-8-21(17)11-16-10-20(4)19-14(16)3/h5-10H,11H2,1-4H3. The number of hydrogen-bond acceptors (Lipinski definition) is 2. The van der Waals surface area contributed by atoms with Crippen molar-refractivity contribution < 1.29 is 0 Å². The van der Waals surface area contributed by atoms with Crippen LogP contribution in [0.2, 0.25) is 0 Å². The first-order valence-electron chi connectivity index (χ1n) is 7.12. The van der Waals surface area contributed by atoms with E-state index in [1.165, 1.54) is 16.7 Å². The molecule has 0 unspecified atom stereocenters. The summed E-state index contributed by atoms with van der Waals surface area (Å²) in [6.45, 7) is 7.10. The fraction of sp³-hybridized carbons (Fsp3) is 0.294. The lowest BCUT2D eigenvalue weighted by Gasteiger charge is -2.09. The van der Waals surface area contributed by atoms with E-state index in [0.29, 0.717) is 0 Å². The highest BCUT2D eigenvalue weighted by atomic mass is 15.3. The van der Waals surface area contributed by atoms with E-state index >= 15 is 0 Å². The maximum Gasteiger partial charge on any atom is 0.140 e. The van der Waals surface area contributed by atoms with Crippen molar-refractivity contribution in [3.63, 3.8) is 0 Å². The quantitative estimate of drug-likeness (QED) is 0.738. The monoisotopic (exact) mass is 280 g/mol. The lowest BCUT2D eigenvalue weighted by Crippen LogP contribution is -2.02. The van der Waals surface area contributed by atoms with Crippen LogP contribution in [0.15, 0.2) is 36.8 Å². The predicted molar refractivity (Wildman–Crippen MR) is 84.2 cm³/mol. The second kappa shape index (κ2) is 5.20. The maximum atomic E-state index is 4.53. The van der Waals surface area contributed by atoms with Gasteiger partial charge in [-0.25, -0.2) is 4.98 Å². The Hall–Kier alpha value is -2.36. The highest BCUT2D eigenvalue weighted by Gasteiger charge is 2.10. The van der Waals surface area contributed by atoms with Crippen molar-refractivity contribution in [1.29, 1.82) is 0 Å². The molecule has 0 radical (unpaired) electrons. The number of aromatic nitrogens is 4. The summed E-state index contributed by atoms with van der Waals surface area (Å²) in [6, 6.07) is 6.49. The molecule has 0 aliphatic carbocycles. The Kier molecular flexibility index (Phi) is 3.37. The van der Waals surface area contributed by atoms with Gasteiger partial charge in [-0.3, -0.25) is 4.68 Å². The zero-order valence-corrected chi connectivity index (χ0v) is 13.0. The first-order valence-corrected chi connectivity index (χ1v) is 7.12. The molecule has 0 aliphatic rings. The summed E-state index contributed by atoms with van der Waals surface area (Å²) < 4.78 is 4.03. The fourth-order valence-electron chi connectivity index (χ4n) is 2.57. The lowest BCUT2D eigenvalue weighted by atomic mass is 10.1. The Morgan fingerprint density at radius 3 is 2.57 bits per heavy atom. The minimum atomic E-state index is 0.794. The molecule has 2 heterocycles. The Bertz CT molecular complexity index is 780.